The maximum absolute atomic E-state index is 13.0. The van der Waals surface area contributed by atoms with Gasteiger partial charge in [0.1, 0.15) is 0 Å². The van der Waals surface area contributed by atoms with Crippen molar-refractivity contribution in [3.63, 3.8) is 0 Å². The fraction of sp³-hybridized carbons (Fsp3) is 0.944. The van der Waals surface area contributed by atoms with Crippen LogP contribution in [0.3, 0.4) is 0 Å². The lowest BCUT2D eigenvalue weighted by molar-refractivity contribution is 0.0800. The molecule has 1 aliphatic carbocycles. The van der Waals surface area contributed by atoms with Gasteiger partial charge in [0.25, 0.3) is 0 Å². The van der Waals surface area contributed by atoms with E-state index < -0.39 is 0 Å². The molecule has 1 atom stereocenters. The zero-order chi connectivity index (χ0) is 16.3. The monoisotopic (exact) mass is 322 g/mol. The van der Waals surface area contributed by atoms with Crippen LogP contribution in [0.15, 0.2) is 0 Å². The molecule has 23 heavy (non-hydrogen) atoms. The van der Waals surface area contributed by atoms with E-state index in [1.54, 1.807) is 0 Å². The van der Waals surface area contributed by atoms with Gasteiger partial charge >= 0.3 is 6.03 Å². The normalized spacial score (nSPS) is 27.3. The predicted octanol–water partition coefficient (Wildman–Crippen LogP) is 2.16. The van der Waals surface area contributed by atoms with E-state index in [1.165, 1.54) is 38.5 Å². The molecule has 2 saturated heterocycles. The van der Waals surface area contributed by atoms with Gasteiger partial charge in [-0.15, -0.1) is 0 Å². The topological polar surface area (TPSA) is 61.6 Å². The van der Waals surface area contributed by atoms with E-state index in [2.05, 4.69) is 22.2 Å². The number of carbonyl (C=O) groups is 1. The Morgan fingerprint density at radius 3 is 2.48 bits per heavy atom. The Morgan fingerprint density at radius 2 is 1.83 bits per heavy atom. The van der Waals surface area contributed by atoms with Crippen LogP contribution in [0.4, 0.5) is 4.79 Å². The molecule has 3 fully saturated rings. The van der Waals surface area contributed by atoms with Gasteiger partial charge in [-0.25, -0.2) is 4.79 Å². The number of nitrogens with two attached hydrogens (primary N) is 1. The van der Waals surface area contributed by atoms with Crippen molar-refractivity contribution in [2.24, 2.45) is 11.7 Å². The quantitative estimate of drug-likeness (QED) is 0.837. The second kappa shape index (κ2) is 7.39. The number of nitrogens with one attached hydrogen (secondary N) is 1. The summed E-state index contributed by atoms with van der Waals surface area (Å²) in [7, 11) is 2.18. The van der Waals surface area contributed by atoms with Crippen LogP contribution >= 0.6 is 0 Å². The molecular formula is C18H34N4O. The van der Waals surface area contributed by atoms with Crippen molar-refractivity contribution in [1.29, 1.82) is 0 Å². The third kappa shape index (κ3) is 3.66. The fourth-order valence-electron chi connectivity index (χ4n) is 4.95. The molecule has 1 spiro atoms. The van der Waals surface area contributed by atoms with Crippen LogP contribution in [0.5, 0.6) is 0 Å². The summed E-state index contributed by atoms with van der Waals surface area (Å²) in [5, 5.41) is 3.31. The molecule has 5 nitrogen and oxygen atoms in total. The maximum Gasteiger partial charge on any atom is 0.318 e. The van der Waals surface area contributed by atoms with Crippen LogP contribution in [0.1, 0.15) is 57.8 Å². The Balaban J connectivity index is 1.62. The van der Waals surface area contributed by atoms with E-state index in [1.807, 2.05) is 0 Å². The number of piperidine rings is 1. The van der Waals surface area contributed by atoms with Gasteiger partial charge in [0.2, 0.25) is 0 Å². The smallest absolute Gasteiger partial charge is 0.318 e. The van der Waals surface area contributed by atoms with Crippen molar-refractivity contribution in [3.8, 4) is 0 Å². The number of nitrogens with zero attached hydrogens (tertiary/aromatic N) is 2. The number of likely N-dealkylation sites (tertiary alicyclic amines) is 2. The first-order valence-corrected chi connectivity index (χ1v) is 9.61. The molecule has 2 amide bonds. The summed E-state index contributed by atoms with van der Waals surface area (Å²) >= 11 is 0. The Hall–Kier alpha value is -0.810. The average Bonchev–Trinajstić information content (AvgIpc) is 3.00. The molecule has 3 rings (SSSR count). The summed E-state index contributed by atoms with van der Waals surface area (Å²) in [4.78, 5) is 17.5. The third-order valence-corrected chi connectivity index (χ3v) is 6.54. The van der Waals surface area contributed by atoms with E-state index in [0.717, 1.165) is 38.9 Å². The minimum absolute atomic E-state index is 0.113. The summed E-state index contributed by atoms with van der Waals surface area (Å²) in [5.74, 6) is 0.578. The summed E-state index contributed by atoms with van der Waals surface area (Å²) in [5.41, 5.74) is 6.11. The van der Waals surface area contributed by atoms with Crippen molar-refractivity contribution in [2.75, 3.05) is 33.2 Å². The van der Waals surface area contributed by atoms with Crippen LogP contribution in [0.25, 0.3) is 0 Å². The maximum atomic E-state index is 13.0. The molecule has 0 radical (unpaired) electrons. The molecular weight excluding hydrogens is 288 g/mol. The lowest BCUT2D eigenvalue weighted by Gasteiger charge is -2.44. The van der Waals surface area contributed by atoms with Gasteiger partial charge in [-0.05, 0) is 51.5 Å². The van der Waals surface area contributed by atoms with E-state index >= 15 is 0 Å². The molecule has 2 aliphatic heterocycles. The van der Waals surface area contributed by atoms with Crippen molar-refractivity contribution >= 4 is 6.03 Å². The van der Waals surface area contributed by atoms with Gasteiger partial charge < -0.3 is 20.9 Å². The van der Waals surface area contributed by atoms with Crippen LogP contribution in [-0.4, -0.2) is 60.6 Å². The molecule has 0 aromatic carbocycles. The summed E-state index contributed by atoms with van der Waals surface area (Å²) in [6.45, 7) is 3.69. The van der Waals surface area contributed by atoms with Crippen LogP contribution < -0.4 is 11.1 Å². The molecule has 2 heterocycles. The Bertz CT molecular complexity index is 400. The Labute approximate surface area is 140 Å². The SMILES string of the molecule is CN1CCC2(CCCN2C(=O)NC(CN)C2CCCCC2)CC1. The number of hydrogen-bond acceptors (Lipinski definition) is 3. The molecule has 3 N–H and O–H groups in total. The van der Waals surface area contributed by atoms with Gasteiger partial charge in [0, 0.05) is 37.8 Å². The number of hydrogen-bond donors (Lipinski definition) is 2. The van der Waals surface area contributed by atoms with E-state index in [4.69, 9.17) is 5.73 Å². The van der Waals surface area contributed by atoms with Gasteiger partial charge in [-0.1, -0.05) is 19.3 Å². The van der Waals surface area contributed by atoms with Gasteiger partial charge in [0.15, 0.2) is 0 Å². The average molecular weight is 322 g/mol. The molecule has 0 bridgehead atoms. The van der Waals surface area contributed by atoms with Gasteiger partial charge in [-0.3, -0.25) is 0 Å². The highest BCUT2D eigenvalue weighted by atomic mass is 16.2. The van der Waals surface area contributed by atoms with E-state index in [0.29, 0.717) is 12.5 Å². The van der Waals surface area contributed by atoms with Crippen molar-refractivity contribution < 1.29 is 4.79 Å². The molecule has 3 aliphatic rings. The van der Waals surface area contributed by atoms with Crippen molar-refractivity contribution in [3.05, 3.63) is 0 Å². The molecule has 1 unspecified atom stereocenters. The highest BCUT2D eigenvalue weighted by molar-refractivity contribution is 5.76. The Morgan fingerprint density at radius 1 is 1.13 bits per heavy atom. The minimum Gasteiger partial charge on any atom is -0.334 e. The second-order valence-electron chi connectivity index (χ2n) is 7.97. The van der Waals surface area contributed by atoms with Gasteiger partial charge in [0.05, 0.1) is 0 Å². The minimum atomic E-state index is 0.113. The van der Waals surface area contributed by atoms with Crippen LogP contribution in [-0.2, 0) is 0 Å². The number of amides is 2. The molecule has 0 aromatic heterocycles. The zero-order valence-corrected chi connectivity index (χ0v) is 14.7. The van der Waals surface area contributed by atoms with Crippen LogP contribution in [0, 0.1) is 5.92 Å². The van der Waals surface area contributed by atoms with Crippen molar-refractivity contribution in [1.82, 2.24) is 15.1 Å². The summed E-state index contributed by atoms with van der Waals surface area (Å²) in [6.07, 6.45) is 10.9. The van der Waals surface area contributed by atoms with Crippen molar-refractivity contribution in [2.45, 2.75) is 69.4 Å². The van der Waals surface area contributed by atoms with E-state index in [-0.39, 0.29) is 17.6 Å². The molecule has 1 saturated carbocycles. The highest BCUT2D eigenvalue weighted by Gasteiger charge is 2.45. The van der Waals surface area contributed by atoms with E-state index in [9.17, 15) is 4.79 Å². The largest absolute Gasteiger partial charge is 0.334 e. The number of rotatable bonds is 3. The first kappa shape index (κ1) is 17.0. The molecule has 132 valence electrons. The first-order chi connectivity index (χ1) is 11.1. The fourth-order valence-corrected chi connectivity index (χ4v) is 4.95. The lowest BCUT2D eigenvalue weighted by Crippen LogP contribution is -2.58. The number of carbonyl (C=O) groups excluding carboxylic acids is 1. The Kier molecular flexibility index (Phi) is 5.47. The lowest BCUT2D eigenvalue weighted by atomic mass is 9.83. The molecule has 0 aromatic rings. The standard InChI is InChI=1S/C18H34N4O/c1-21-12-9-18(10-13-21)8-5-11-22(18)17(23)20-16(14-19)15-6-3-2-4-7-15/h15-16H,2-14,19H2,1H3,(H,20,23). The first-order valence-electron chi connectivity index (χ1n) is 9.61. The predicted molar refractivity (Wildman–Crippen MR) is 93.4 cm³/mol. The van der Waals surface area contributed by atoms with Crippen LogP contribution in [0.2, 0.25) is 0 Å². The molecule has 5 heteroatoms. The third-order valence-electron chi connectivity index (χ3n) is 6.54. The highest BCUT2D eigenvalue weighted by Crippen LogP contribution is 2.38. The zero-order valence-electron chi connectivity index (χ0n) is 14.7. The summed E-state index contributed by atoms with van der Waals surface area (Å²) in [6, 6.07) is 0.305. The number of urea groups is 1. The second-order valence-corrected chi connectivity index (χ2v) is 7.97. The van der Waals surface area contributed by atoms with Gasteiger partial charge in [-0.2, -0.15) is 0 Å². The summed E-state index contributed by atoms with van der Waals surface area (Å²) < 4.78 is 0.